The van der Waals surface area contributed by atoms with Crippen molar-refractivity contribution in [2.75, 3.05) is 25.3 Å². The molecule has 6 nitrogen and oxygen atoms in total. The van der Waals surface area contributed by atoms with E-state index in [1.54, 1.807) is 26.0 Å². The van der Waals surface area contributed by atoms with Crippen LogP contribution in [0, 0.1) is 6.92 Å². The molecule has 7 heteroatoms. The summed E-state index contributed by atoms with van der Waals surface area (Å²) in [6, 6.07) is 24.1. The van der Waals surface area contributed by atoms with Crippen LogP contribution in [-0.2, 0) is 4.79 Å². The van der Waals surface area contributed by atoms with E-state index in [4.69, 9.17) is 14.6 Å². The summed E-state index contributed by atoms with van der Waals surface area (Å²) in [5, 5.41) is 8.02. The molecule has 1 aliphatic heterocycles. The van der Waals surface area contributed by atoms with E-state index in [1.807, 2.05) is 84.4 Å². The first-order valence-corrected chi connectivity index (χ1v) is 12.0. The Labute approximate surface area is 202 Å². The van der Waals surface area contributed by atoms with E-state index in [0.29, 0.717) is 23.1 Å². The van der Waals surface area contributed by atoms with Crippen molar-refractivity contribution in [1.82, 2.24) is 9.78 Å². The minimum atomic E-state index is -0.136. The number of hydrogen-bond acceptors (Lipinski definition) is 5. The molecule has 0 bridgehead atoms. The molecule has 1 N–H and O–H groups in total. The van der Waals surface area contributed by atoms with Gasteiger partial charge in [0, 0.05) is 11.1 Å². The lowest BCUT2D eigenvalue weighted by Crippen LogP contribution is -2.15. The molecule has 34 heavy (non-hydrogen) atoms. The van der Waals surface area contributed by atoms with Gasteiger partial charge in [-0.1, -0.05) is 54.1 Å². The molecule has 0 aliphatic carbocycles. The number of nitrogens with zero attached hydrogens (tertiary/aromatic N) is 2. The summed E-state index contributed by atoms with van der Waals surface area (Å²) in [4.78, 5) is 12.8. The normalized spacial score (nSPS) is 15.3. The number of anilines is 1. The van der Waals surface area contributed by atoms with E-state index in [-0.39, 0.29) is 11.2 Å². The predicted molar refractivity (Wildman–Crippen MR) is 136 cm³/mol. The van der Waals surface area contributed by atoms with Crippen LogP contribution in [0.2, 0.25) is 0 Å². The Bertz CT molecular complexity index is 1330. The van der Waals surface area contributed by atoms with Gasteiger partial charge in [0.1, 0.15) is 5.82 Å². The zero-order valence-electron chi connectivity index (χ0n) is 19.2. The minimum Gasteiger partial charge on any atom is -0.493 e. The second-order valence-corrected chi connectivity index (χ2v) is 9.17. The third-order valence-electron chi connectivity index (χ3n) is 5.86. The molecule has 0 saturated heterocycles. The first-order chi connectivity index (χ1) is 16.6. The fourth-order valence-corrected chi connectivity index (χ4v) is 5.29. The van der Waals surface area contributed by atoms with Crippen LogP contribution in [0.25, 0.3) is 16.9 Å². The highest BCUT2D eigenvalue weighted by atomic mass is 32.2. The van der Waals surface area contributed by atoms with E-state index in [9.17, 15) is 4.79 Å². The van der Waals surface area contributed by atoms with E-state index < -0.39 is 0 Å². The Kier molecular flexibility index (Phi) is 6.02. The van der Waals surface area contributed by atoms with Crippen LogP contribution in [-0.4, -0.2) is 35.7 Å². The van der Waals surface area contributed by atoms with Crippen molar-refractivity contribution in [3.63, 3.8) is 0 Å². The van der Waals surface area contributed by atoms with Crippen LogP contribution < -0.4 is 14.8 Å². The summed E-state index contributed by atoms with van der Waals surface area (Å²) in [7, 11) is 3.25. The van der Waals surface area contributed by atoms with Crippen LogP contribution in [0.5, 0.6) is 11.5 Å². The Hall–Kier alpha value is -3.71. The zero-order valence-corrected chi connectivity index (χ0v) is 20.1. The Morgan fingerprint density at radius 1 is 0.971 bits per heavy atom. The predicted octanol–water partition coefficient (Wildman–Crippen LogP) is 5.64. The monoisotopic (exact) mass is 471 g/mol. The van der Waals surface area contributed by atoms with Gasteiger partial charge in [-0.2, -0.15) is 5.10 Å². The fraction of sp³-hybridized carbons (Fsp3) is 0.185. The molecule has 1 amide bonds. The lowest BCUT2D eigenvalue weighted by molar-refractivity contribution is -0.113. The molecule has 1 atom stereocenters. The second kappa shape index (κ2) is 9.27. The van der Waals surface area contributed by atoms with Gasteiger partial charge in [-0.05, 0) is 36.8 Å². The number of hydrogen-bond donors (Lipinski definition) is 1. The van der Waals surface area contributed by atoms with Crippen LogP contribution in [0.3, 0.4) is 0 Å². The summed E-state index contributed by atoms with van der Waals surface area (Å²) < 4.78 is 12.9. The van der Waals surface area contributed by atoms with Crippen LogP contribution >= 0.6 is 11.8 Å². The topological polar surface area (TPSA) is 65.4 Å². The zero-order chi connectivity index (χ0) is 23.7. The van der Waals surface area contributed by atoms with Gasteiger partial charge >= 0.3 is 0 Å². The van der Waals surface area contributed by atoms with E-state index in [2.05, 4.69) is 5.32 Å². The van der Waals surface area contributed by atoms with Gasteiger partial charge in [-0.3, -0.25) is 4.79 Å². The van der Waals surface area contributed by atoms with Crippen molar-refractivity contribution in [2.24, 2.45) is 0 Å². The lowest BCUT2D eigenvalue weighted by atomic mass is 9.99. The highest BCUT2D eigenvalue weighted by Crippen LogP contribution is 2.48. The smallest absolute Gasteiger partial charge is 0.235 e. The number of benzene rings is 3. The van der Waals surface area contributed by atoms with Crippen molar-refractivity contribution in [3.05, 3.63) is 89.5 Å². The number of fused-ring (bicyclic) bond motifs is 1. The molecule has 1 aromatic heterocycles. The summed E-state index contributed by atoms with van der Waals surface area (Å²) in [6.07, 6.45) is 0. The number of thioether (sulfide) groups is 1. The average Bonchev–Trinajstić information content (AvgIpc) is 3.14. The molecular formula is C27H25N3O3S. The molecule has 4 aromatic rings. The number of amides is 1. The molecule has 5 rings (SSSR count). The molecular weight excluding hydrogens is 446 g/mol. The lowest BCUT2D eigenvalue weighted by Gasteiger charge is -2.18. The molecule has 2 heterocycles. The number of carbonyl (C=O) groups is 1. The molecule has 1 unspecified atom stereocenters. The van der Waals surface area contributed by atoms with Gasteiger partial charge < -0.3 is 14.8 Å². The quantitative estimate of drug-likeness (QED) is 0.408. The molecule has 0 saturated carbocycles. The van der Waals surface area contributed by atoms with Gasteiger partial charge in [-0.15, -0.1) is 11.8 Å². The highest BCUT2D eigenvalue weighted by molar-refractivity contribution is 8.00. The minimum absolute atomic E-state index is 0.0536. The van der Waals surface area contributed by atoms with Gasteiger partial charge in [-0.25, -0.2) is 4.68 Å². The van der Waals surface area contributed by atoms with Crippen LogP contribution in [0.4, 0.5) is 5.82 Å². The van der Waals surface area contributed by atoms with Crippen molar-refractivity contribution in [1.29, 1.82) is 0 Å². The maximum absolute atomic E-state index is 12.8. The maximum atomic E-state index is 12.8. The van der Waals surface area contributed by atoms with Crippen molar-refractivity contribution in [3.8, 4) is 28.4 Å². The molecule has 1 aliphatic rings. The second-order valence-electron chi connectivity index (χ2n) is 8.08. The van der Waals surface area contributed by atoms with Gasteiger partial charge in [0.2, 0.25) is 5.91 Å². The highest BCUT2D eigenvalue weighted by Gasteiger charge is 2.33. The summed E-state index contributed by atoms with van der Waals surface area (Å²) in [6.45, 7) is 2.05. The summed E-state index contributed by atoms with van der Waals surface area (Å²) >= 11 is 1.58. The SMILES string of the molecule is COc1ccc(C2SCC(=O)Nc3c2c(-c2ccccc2)nn3-c2ccc(C)cc2)cc1OC. The molecule has 3 aromatic carbocycles. The third kappa shape index (κ3) is 4.03. The van der Waals surface area contributed by atoms with Gasteiger partial charge in [0.05, 0.1) is 36.6 Å². The first kappa shape index (κ1) is 22.1. The number of nitrogens with one attached hydrogen (secondary N) is 1. The summed E-state index contributed by atoms with van der Waals surface area (Å²) in [5.41, 5.74) is 5.86. The standard InChI is InChI=1S/C27H25N3O3S/c1-17-9-12-20(13-10-17)30-27-24(25(29-30)18-7-5-4-6-8-18)26(34-16-23(31)28-27)19-11-14-21(32-2)22(15-19)33-3/h4-15,26H,16H2,1-3H3,(H,28,31). The Balaban J connectivity index is 1.76. The number of ether oxygens (including phenoxy) is 2. The van der Waals surface area contributed by atoms with Gasteiger partial charge in [0.25, 0.3) is 0 Å². The average molecular weight is 472 g/mol. The van der Waals surface area contributed by atoms with E-state index >= 15 is 0 Å². The largest absolute Gasteiger partial charge is 0.493 e. The first-order valence-electron chi connectivity index (χ1n) is 11.0. The Morgan fingerprint density at radius 3 is 2.41 bits per heavy atom. The molecule has 172 valence electrons. The van der Waals surface area contributed by atoms with Crippen molar-refractivity contribution in [2.45, 2.75) is 12.2 Å². The van der Waals surface area contributed by atoms with Crippen LogP contribution in [0.1, 0.15) is 21.9 Å². The number of rotatable bonds is 5. The van der Waals surface area contributed by atoms with E-state index in [1.165, 1.54) is 0 Å². The number of aryl methyl sites for hydroxylation is 1. The van der Waals surface area contributed by atoms with Gasteiger partial charge in [0.15, 0.2) is 11.5 Å². The van der Waals surface area contributed by atoms with E-state index in [0.717, 1.165) is 33.6 Å². The molecule has 0 radical (unpaired) electrons. The summed E-state index contributed by atoms with van der Waals surface area (Å²) in [5.74, 6) is 2.28. The Morgan fingerprint density at radius 2 is 1.71 bits per heavy atom. The van der Waals surface area contributed by atoms with Crippen LogP contribution in [0.15, 0.2) is 72.8 Å². The maximum Gasteiger partial charge on any atom is 0.235 e. The number of carbonyl (C=O) groups excluding carboxylic acids is 1. The molecule has 0 fully saturated rings. The number of methoxy groups -OCH3 is 2. The fourth-order valence-electron chi connectivity index (χ4n) is 4.17. The number of aromatic nitrogens is 2. The van der Waals surface area contributed by atoms with Crippen molar-refractivity contribution >= 4 is 23.5 Å². The molecule has 0 spiro atoms. The third-order valence-corrected chi connectivity index (χ3v) is 7.13. The van der Waals surface area contributed by atoms with Crippen molar-refractivity contribution < 1.29 is 14.3 Å².